The van der Waals surface area contributed by atoms with Crippen molar-refractivity contribution in [2.24, 2.45) is 5.92 Å². The molecule has 3 heterocycles. The van der Waals surface area contributed by atoms with Gasteiger partial charge in [-0.05, 0) is 43.9 Å². The van der Waals surface area contributed by atoms with Gasteiger partial charge in [0.25, 0.3) is 5.91 Å². The third-order valence-corrected chi connectivity index (χ3v) is 5.43. The van der Waals surface area contributed by atoms with Gasteiger partial charge in [0.15, 0.2) is 5.76 Å². The van der Waals surface area contributed by atoms with Gasteiger partial charge in [-0.15, -0.1) is 0 Å². The molecule has 2 saturated heterocycles. The topological polar surface area (TPSA) is 45.9 Å². The van der Waals surface area contributed by atoms with Crippen LogP contribution in [0.1, 0.15) is 35.9 Å². The molecule has 5 heteroatoms. The van der Waals surface area contributed by atoms with E-state index in [1.54, 1.807) is 0 Å². The van der Waals surface area contributed by atoms with Crippen molar-refractivity contribution >= 4 is 22.6 Å². The van der Waals surface area contributed by atoms with Crippen LogP contribution in [0.15, 0.2) is 22.6 Å². The number of hydrogen-bond acceptors (Lipinski definition) is 4. The zero-order valence-corrected chi connectivity index (χ0v) is 15.1. The Kier molecular flexibility index (Phi) is 4.42. The Labute approximate surface area is 148 Å². The molecule has 1 amide bonds. The molecule has 2 aliphatic heterocycles. The quantitative estimate of drug-likeness (QED) is 0.839. The van der Waals surface area contributed by atoms with E-state index in [0.717, 1.165) is 62.3 Å². The average Bonchev–Trinajstić information content (AvgIpc) is 2.98. The lowest BCUT2D eigenvalue weighted by molar-refractivity contribution is 0.0652. The molecule has 0 N–H and O–H groups in total. The van der Waals surface area contributed by atoms with Gasteiger partial charge in [-0.2, -0.15) is 0 Å². The number of carbonyl (C=O) groups is 1. The van der Waals surface area contributed by atoms with E-state index in [9.17, 15) is 4.79 Å². The van der Waals surface area contributed by atoms with Crippen molar-refractivity contribution in [2.45, 2.75) is 26.7 Å². The SMILES string of the molecule is Cc1c(C(=O)N2CCCC(C)C2)oc2ccc(N3CCOCC3)cc12. The largest absolute Gasteiger partial charge is 0.451 e. The number of benzene rings is 1. The van der Waals surface area contributed by atoms with Gasteiger partial charge in [0.1, 0.15) is 5.58 Å². The molecule has 4 rings (SSSR count). The lowest BCUT2D eigenvalue weighted by Crippen LogP contribution is -2.39. The summed E-state index contributed by atoms with van der Waals surface area (Å²) < 4.78 is 11.4. The molecule has 1 atom stereocenters. The molecule has 0 saturated carbocycles. The second-order valence-electron chi connectivity index (χ2n) is 7.33. The summed E-state index contributed by atoms with van der Waals surface area (Å²) in [6.45, 7) is 9.19. The van der Waals surface area contributed by atoms with Gasteiger partial charge >= 0.3 is 0 Å². The molecule has 0 bridgehead atoms. The first-order chi connectivity index (χ1) is 12.1. The third kappa shape index (κ3) is 3.13. The number of rotatable bonds is 2. The van der Waals surface area contributed by atoms with Crippen molar-refractivity contribution in [3.05, 3.63) is 29.5 Å². The van der Waals surface area contributed by atoms with Crippen LogP contribution in [-0.4, -0.2) is 50.2 Å². The summed E-state index contributed by atoms with van der Waals surface area (Å²) in [6.07, 6.45) is 2.28. The van der Waals surface area contributed by atoms with Crippen LogP contribution in [-0.2, 0) is 4.74 Å². The van der Waals surface area contributed by atoms with E-state index in [0.29, 0.717) is 11.7 Å². The molecule has 25 heavy (non-hydrogen) atoms. The minimum absolute atomic E-state index is 0.0353. The standard InChI is InChI=1S/C20H26N2O3/c1-14-4-3-7-22(13-14)20(23)19-15(2)17-12-16(5-6-18(17)25-19)21-8-10-24-11-9-21/h5-6,12,14H,3-4,7-11,13H2,1-2H3. The number of anilines is 1. The maximum absolute atomic E-state index is 12.9. The molecule has 1 aromatic heterocycles. The molecule has 5 nitrogen and oxygen atoms in total. The molecule has 2 fully saturated rings. The monoisotopic (exact) mass is 342 g/mol. The lowest BCUT2D eigenvalue weighted by atomic mass is 10.00. The van der Waals surface area contributed by atoms with Crippen LogP contribution in [0, 0.1) is 12.8 Å². The number of morpholine rings is 1. The van der Waals surface area contributed by atoms with Crippen molar-refractivity contribution in [1.82, 2.24) is 4.90 Å². The van der Waals surface area contributed by atoms with Gasteiger partial charge < -0.3 is 19.0 Å². The Morgan fingerprint density at radius 2 is 2.00 bits per heavy atom. The highest BCUT2D eigenvalue weighted by atomic mass is 16.5. The number of fused-ring (bicyclic) bond motifs is 1. The highest BCUT2D eigenvalue weighted by Gasteiger charge is 2.27. The smallest absolute Gasteiger partial charge is 0.289 e. The predicted molar refractivity (Wildman–Crippen MR) is 98.3 cm³/mol. The van der Waals surface area contributed by atoms with Gasteiger partial charge in [0.2, 0.25) is 0 Å². The molecule has 1 aromatic carbocycles. The van der Waals surface area contributed by atoms with Gasteiger partial charge in [0, 0.05) is 42.8 Å². The van der Waals surface area contributed by atoms with Crippen LogP contribution in [0.25, 0.3) is 11.0 Å². The number of ether oxygens (including phenoxy) is 1. The van der Waals surface area contributed by atoms with E-state index in [2.05, 4.69) is 24.0 Å². The Morgan fingerprint density at radius 1 is 1.20 bits per heavy atom. The van der Waals surface area contributed by atoms with E-state index < -0.39 is 0 Å². The fourth-order valence-corrected chi connectivity index (χ4v) is 3.95. The number of likely N-dealkylation sites (tertiary alicyclic amines) is 1. The van der Waals surface area contributed by atoms with Crippen LogP contribution < -0.4 is 4.90 Å². The molecular weight excluding hydrogens is 316 g/mol. The number of hydrogen-bond donors (Lipinski definition) is 0. The molecule has 2 aromatic rings. The highest BCUT2D eigenvalue weighted by molar-refractivity contribution is 5.99. The number of piperidine rings is 1. The van der Waals surface area contributed by atoms with E-state index in [4.69, 9.17) is 9.15 Å². The normalized spacial score (nSPS) is 21.8. The summed E-state index contributed by atoms with van der Waals surface area (Å²) >= 11 is 0. The van der Waals surface area contributed by atoms with Crippen LogP contribution >= 0.6 is 0 Å². The number of aryl methyl sites for hydroxylation is 1. The molecule has 0 aliphatic carbocycles. The molecule has 134 valence electrons. The maximum Gasteiger partial charge on any atom is 0.289 e. The Balaban J connectivity index is 1.64. The fraction of sp³-hybridized carbons (Fsp3) is 0.550. The van der Waals surface area contributed by atoms with Crippen LogP contribution in [0.2, 0.25) is 0 Å². The summed E-state index contributed by atoms with van der Waals surface area (Å²) in [4.78, 5) is 17.2. The Bertz CT molecular complexity index is 777. The first-order valence-corrected chi connectivity index (χ1v) is 9.28. The summed E-state index contributed by atoms with van der Waals surface area (Å²) in [6, 6.07) is 6.21. The lowest BCUT2D eigenvalue weighted by Gasteiger charge is -2.30. The van der Waals surface area contributed by atoms with Crippen LogP contribution in [0.5, 0.6) is 0 Å². The van der Waals surface area contributed by atoms with E-state index >= 15 is 0 Å². The first kappa shape index (κ1) is 16.5. The number of furan rings is 1. The zero-order valence-electron chi connectivity index (χ0n) is 15.1. The summed E-state index contributed by atoms with van der Waals surface area (Å²) in [7, 11) is 0. The second kappa shape index (κ2) is 6.71. The highest BCUT2D eigenvalue weighted by Crippen LogP contribution is 2.31. The second-order valence-corrected chi connectivity index (χ2v) is 7.33. The van der Waals surface area contributed by atoms with E-state index in [-0.39, 0.29) is 5.91 Å². The zero-order chi connectivity index (χ0) is 17.4. The number of carbonyl (C=O) groups excluding carboxylic acids is 1. The van der Waals surface area contributed by atoms with Crippen molar-refractivity contribution < 1.29 is 13.9 Å². The summed E-state index contributed by atoms with van der Waals surface area (Å²) in [5, 5.41) is 1.04. The van der Waals surface area contributed by atoms with Gasteiger partial charge in [0.05, 0.1) is 13.2 Å². The number of amides is 1. The molecule has 2 aliphatic rings. The van der Waals surface area contributed by atoms with Crippen LogP contribution in [0.3, 0.4) is 0 Å². The minimum atomic E-state index is 0.0353. The van der Waals surface area contributed by atoms with Crippen molar-refractivity contribution in [2.75, 3.05) is 44.3 Å². The average molecular weight is 342 g/mol. The Morgan fingerprint density at radius 3 is 2.76 bits per heavy atom. The molecule has 0 radical (unpaired) electrons. The Hall–Kier alpha value is -2.01. The maximum atomic E-state index is 12.9. The predicted octanol–water partition coefficient (Wildman–Crippen LogP) is 3.45. The summed E-state index contributed by atoms with van der Waals surface area (Å²) in [5.74, 6) is 1.10. The van der Waals surface area contributed by atoms with E-state index in [1.807, 2.05) is 17.9 Å². The fourth-order valence-electron chi connectivity index (χ4n) is 3.95. The van der Waals surface area contributed by atoms with Crippen molar-refractivity contribution in [3.8, 4) is 0 Å². The molecular formula is C20H26N2O3. The van der Waals surface area contributed by atoms with Crippen molar-refractivity contribution in [1.29, 1.82) is 0 Å². The first-order valence-electron chi connectivity index (χ1n) is 9.28. The molecule has 0 spiro atoms. The van der Waals surface area contributed by atoms with Gasteiger partial charge in [-0.25, -0.2) is 0 Å². The summed E-state index contributed by atoms with van der Waals surface area (Å²) in [5.41, 5.74) is 2.92. The van der Waals surface area contributed by atoms with Gasteiger partial charge in [-0.1, -0.05) is 6.92 Å². The van der Waals surface area contributed by atoms with Crippen LogP contribution in [0.4, 0.5) is 5.69 Å². The third-order valence-electron chi connectivity index (χ3n) is 5.43. The van der Waals surface area contributed by atoms with Crippen molar-refractivity contribution in [3.63, 3.8) is 0 Å². The molecule has 1 unspecified atom stereocenters. The van der Waals surface area contributed by atoms with Gasteiger partial charge in [-0.3, -0.25) is 4.79 Å². The number of nitrogens with zero attached hydrogens (tertiary/aromatic N) is 2. The van der Waals surface area contributed by atoms with E-state index in [1.165, 1.54) is 12.1 Å². The minimum Gasteiger partial charge on any atom is -0.451 e.